The minimum absolute atomic E-state index is 0.551. The van der Waals surface area contributed by atoms with E-state index in [2.05, 4.69) is 46.4 Å². The molecule has 2 rings (SSSR count). The molecule has 1 saturated carbocycles. The zero-order valence-electron chi connectivity index (χ0n) is 11.1. The van der Waals surface area contributed by atoms with Crippen LogP contribution in [-0.2, 0) is 6.42 Å². The highest BCUT2D eigenvalue weighted by atomic mass is 79.9. The van der Waals surface area contributed by atoms with Gasteiger partial charge < -0.3 is 11.1 Å². The van der Waals surface area contributed by atoms with Crippen molar-refractivity contribution in [3.05, 3.63) is 28.2 Å². The molecular formula is C15H23BrN2. The van der Waals surface area contributed by atoms with Crippen molar-refractivity contribution in [2.24, 2.45) is 11.7 Å². The second kappa shape index (κ2) is 6.58. The summed E-state index contributed by atoms with van der Waals surface area (Å²) in [6, 6.07) is 7.06. The van der Waals surface area contributed by atoms with Crippen LogP contribution in [0.15, 0.2) is 22.7 Å². The normalized spacial score (nSPS) is 23.9. The summed E-state index contributed by atoms with van der Waals surface area (Å²) in [5.74, 6) is 0.632. The van der Waals surface area contributed by atoms with E-state index < -0.39 is 0 Å². The first-order valence-corrected chi connectivity index (χ1v) is 7.79. The minimum Gasteiger partial charge on any atom is -0.382 e. The fourth-order valence-electron chi connectivity index (χ4n) is 2.88. The van der Waals surface area contributed by atoms with Gasteiger partial charge in [0, 0.05) is 16.2 Å². The molecule has 0 bridgehead atoms. The summed E-state index contributed by atoms with van der Waals surface area (Å²) in [6.07, 6.45) is 6.24. The predicted molar refractivity (Wildman–Crippen MR) is 81.9 cm³/mol. The summed E-state index contributed by atoms with van der Waals surface area (Å²) in [6.45, 7) is 3.00. The zero-order valence-corrected chi connectivity index (χ0v) is 12.7. The standard InChI is InChI=1S/C15H23BrN2/c1-2-11-9-13(16)7-8-15(11)18-14-6-4-3-5-12(14)10-17/h7-9,12,14,18H,2-6,10,17H2,1H3. The fourth-order valence-corrected chi connectivity index (χ4v) is 3.28. The molecule has 2 nitrogen and oxygen atoms in total. The molecule has 1 fully saturated rings. The minimum atomic E-state index is 0.551. The lowest BCUT2D eigenvalue weighted by atomic mass is 9.84. The molecule has 0 amide bonds. The largest absolute Gasteiger partial charge is 0.382 e. The van der Waals surface area contributed by atoms with Gasteiger partial charge in [0.15, 0.2) is 0 Å². The Morgan fingerprint density at radius 3 is 2.83 bits per heavy atom. The van der Waals surface area contributed by atoms with Crippen LogP contribution in [-0.4, -0.2) is 12.6 Å². The zero-order chi connectivity index (χ0) is 13.0. The topological polar surface area (TPSA) is 38.0 Å². The van der Waals surface area contributed by atoms with Crippen LogP contribution in [0.3, 0.4) is 0 Å². The van der Waals surface area contributed by atoms with E-state index in [1.165, 1.54) is 36.9 Å². The predicted octanol–water partition coefficient (Wildman–Crippen LogP) is 3.94. The van der Waals surface area contributed by atoms with E-state index in [1.807, 2.05) is 0 Å². The maximum Gasteiger partial charge on any atom is 0.0375 e. The molecule has 2 unspecified atom stereocenters. The molecule has 100 valence electrons. The first kappa shape index (κ1) is 13.9. The van der Waals surface area contributed by atoms with Gasteiger partial charge in [-0.25, -0.2) is 0 Å². The first-order chi connectivity index (χ1) is 8.74. The van der Waals surface area contributed by atoms with Crippen molar-refractivity contribution in [2.45, 2.75) is 45.1 Å². The molecule has 3 N–H and O–H groups in total. The van der Waals surface area contributed by atoms with Gasteiger partial charge in [0.05, 0.1) is 0 Å². The summed E-state index contributed by atoms with van der Waals surface area (Å²) in [4.78, 5) is 0. The maximum absolute atomic E-state index is 5.89. The molecule has 0 aromatic heterocycles. The summed E-state index contributed by atoms with van der Waals surface area (Å²) < 4.78 is 1.16. The van der Waals surface area contributed by atoms with Crippen LogP contribution in [0, 0.1) is 5.92 Å². The van der Waals surface area contributed by atoms with E-state index in [9.17, 15) is 0 Å². The van der Waals surface area contributed by atoms with Gasteiger partial charge in [-0.2, -0.15) is 0 Å². The van der Waals surface area contributed by atoms with Crippen LogP contribution in [0.4, 0.5) is 5.69 Å². The number of halogens is 1. The summed E-state index contributed by atoms with van der Waals surface area (Å²) in [7, 11) is 0. The SMILES string of the molecule is CCc1cc(Br)ccc1NC1CCCCC1CN. The molecule has 3 heteroatoms. The fraction of sp³-hybridized carbons (Fsp3) is 0.600. The van der Waals surface area contributed by atoms with Crippen molar-refractivity contribution >= 4 is 21.6 Å². The highest BCUT2D eigenvalue weighted by Crippen LogP contribution is 2.29. The van der Waals surface area contributed by atoms with Gasteiger partial charge in [0.25, 0.3) is 0 Å². The van der Waals surface area contributed by atoms with Gasteiger partial charge in [0.2, 0.25) is 0 Å². The number of rotatable bonds is 4. The molecule has 2 atom stereocenters. The summed E-state index contributed by atoms with van der Waals surface area (Å²) in [5.41, 5.74) is 8.56. The summed E-state index contributed by atoms with van der Waals surface area (Å²) >= 11 is 3.54. The number of aryl methyl sites for hydroxylation is 1. The number of nitrogens with two attached hydrogens (primary N) is 1. The third kappa shape index (κ3) is 3.27. The molecular weight excluding hydrogens is 288 g/mol. The van der Waals surface area contributed by atoms with Crippen LogP contribution in [0.1, 0.15) is 38.2 Å². The van der Waals surface area contributed by atoms with E-state index in [4.69, 9.17) is 5.73 Å². The smallest absolute Gasteiger partial charge is 0.0375 e. The Hall–Kier alpha value is -0.540. The molecule has 0 saturated heterocycles. The Morgan fingerprint density at radius 1 is 1.33 bits per heavy atom. The Balaban J connectivity index is 2.12. The van der Waals surface area contributed by atoms with Crippen LogP contribution < -0.4 is 11.1 Å². The first-order valence-electron chi connectivity index (χ1n) is 6.99. The second-order valence-corrected chi connectivity index (χ2v) is 6.10. The Bertz CT molecular complexity index is 392. The number of benzene rings is 1. The van der Waals surface area contributed by atoms with Crippen LogP contribution in [0.25, 0.3) is 0 Å². The van der Waals surface area contributed by atoms with E-state index in [0.717, 1.165) is 17.4 Å². The lowest BCUT2D eigenvalue weighted by Crippen LogP contribution is -2.36. The van der Waals surface area contributed by atoms with Gasteiger partial charge >= 0.3 is 0 Å². The Kier molecular flexibility index (Phi) is 5.07. The molecule has 1 aromatic carbocycles. The molecule has 0 spiro atoms. The van der Waals surface area contributed by atoms with Gasteiger partial charge in [-0.3, -0.25) is 0 Å². The number of anilines is 1. The van der Waals surface area contributed by atoms with Gasteiger partial charge in [-0.1, -0.05) is 35.7 Å². The van der Waals surface area contributed by atoms with Crippen LogP contribution in [0.2, 0.25) is 0 Å². The summed E-state index contributed by atoms with van der Waals surface area (Å²) in [5, 5.41) is 3.73. The number of hydrogen-bond donors (Lipinski definition) is 2. The molecule has 0 aliphatic heterocycles. The van der Waals surface area contributed by atoms with Gasteiger partial charge in [0.1, 0.15) is 0 Å². The van der Waals surface area contributed by atoms with Crippen LogP contribution >= 0.6 is 15.9 Å². The third-order valence-corrected chi connectivity index (χ3v) is 4.49. The lowest BCUT2D eigenvalue weighted by molar-refractivity contribution is 0.332. The van der Waals surface area contributed by atoms with E-state index >= 15 is 0 Å². The second-order valence-electron chi connectivity index (χ2n) is 5.19. The van der Waals surface area contributed by atoms with Crippen molar-refractivity contribution in [1.29, 1.82) is 0 Å². The number of hydrogen-bond acceptors (Lipinski definition) is 2. The quantitative estimate of drug-likeness (QED) is 0.884. The Morgan fingerprint density at radius 2 is 2.11 bits per heavy atom. The van der Waals surface area contributed by atoms with Crippen molar-refractivity contribution in [3.8, 4) is 0 Å². The molecule has 1 aliphatic carbocycles. The monoisotopic (exact) mass is 310 g/mol. The molecule has 1 aromatic rings. The highest BCUT2D eigenvalue weighted by Gasteiger charge is 2.24. The van der Waals surface area contributed by atoms with E-state index in [0.29, 0.717) is 12.0 Å². The molecule has 18 heavy (non-hydrogen) atoms. The molecule has 1 aliphatic rings. The van der Waals surface area contributed by atoms with Crippen molar-refractivity contribution in [1.82, 2.24) is 0 Å². The molecule has 0 radical (unpaired) electrons. The van der Waals surface area contributed by atoms with Crippen molar-refractivity contribution < 1.29 is 0 Å². The lowest BCUT2D eigenvalue weighted by Gasteiger charge is -2.32. The highest BCUT2D eigenvalue weighted by molar-refractivity contribution is 9.10. The average Bonchev–Trinajstić information content (AvgIpc) is 2.41. The van der Waals surface area contributed by atoms with E-state index in [-0.39, 0.29) is 0 Å². The van der Waals surface area contributed by atoms with Crippen LogP contribution in [0.5, 0.6) is 0 Å². The number of nitrogens with one attached hydrogen (secondary N) is 1. The average molecular weight is 311 g/mol. The van der Waals surface area contributed by atoms with Gasteiger partial charge in [-0.15, -0.1) is 0 Å². The van der Waals surface area contributed by atoms with Gasteiger partial charge in [-0.05, 0) is 55.5 Å². The van der Waals surface area contributed by atoms with Crippen molar-refractivity contribution in [2.75, 3.05) is 11.9 Å². The molecule has 0 heterocycles. The Labute approximate surface area is 118 Å². The van der Waals surface area contributed by atoms with Crippen molar-refractivity contribution in [3.63, 3.8) is 0 Å². The third-order valence-electron chi connectivity index (χ3n) is 4.00. The maximum atomic E-state index is 5.89. The van der Waals surface area contributed by atoms with E-state index in [1.54, 1.807) is 0 Å².